The second kappa shape index (κ2) is 5.85. The summed E-state index contributed by atoms with van der Waals surface area (Å²) in [6, 6.07) is 2.42. The Morgan fingerprint density at radius 3 is 2.56 bits per heavy atom. The number of carboxylic acids is 1. The summed E-state index contributed by atoms with van der Waals surface area (Å²) in [5.41, 5.74) is 0.966. The standard InChI is InChI=1S/C8H12N2O.C2HF3O2/c1-6-5-8(11-10-6)7-3-2-4-9-7;3-2(4,5)1(6)7/h5,7,9H,2-4H2,1H3;(H,6,7). The number of carbonyl (C=O) groups is 1. The molecule has 0 radical (unpaired) electrons. The molecule has 1 aliphatic rings. The lowest BCUT2D eigenvalue weighted by atomic mass is 10.2. The van der Waals surface area contributed by atoms with Gasteiger partial charge in [0.2, 0.25) is 0 Å². The van der Waals surface area contributed by atoms with Gasteiger partial charge in [-0.15, -0.1) is 0 Å². The Kier molecular flexibility index (Phi) is 4.71. The van der Waals surface area contributed by atoms with Crippen molar-refractivity contribution in [1.82, 2.24) is 10.5 Å². The molecular formula is C10H13F3N2O3. The third kappa shape index (κ3) is 4.36. The van der Waals surface area contributed by atoms with Gasteiger partial charge >= 0.3 is 12.1 Å². The molecule has 1 aromatic rings. The molecule has 1 aliphatic heterocycles. The second-order valence-electron chi connectivity index (χ2n) is 3.82. The van der Waals surface area contributed by atoms with Crippen molar-refractivity contribution < 1.29 is 27.6 Å². The first kappa shape index (κ1) is 14.5. The number of carboxylic acid groups (broad SMARTS) is 1. The average Bonchev–Trinajstić information content (AvgIpc) is 2.86. The number of nitrogens with one attached hydrogen (secondary N) is 1. The quantitative estimate of drug-likeness (QED) is 0.813. The van der Waals surface area contributed by atoms with Crippen LogP contribution in [-0.2, 0) is 4.79 Å². The maximum Gasteiger partial charge on any atom is 0.490 e. The Morgan fingerprint density at radius 2 is 2.22 bits per heavy atom. The zero-order chi connectivity index (χ0) is 13.8. The van der Waals surface area contributed by atoms with Gasteiger partial charge < -0.3 is 14.9 Å². The van der Waals surface area contributed by atoms with E-state index in [9.17, 15) is 13.2 Å². The van der Waals surface area contributed by atoms with Crippen molar-refractivity contribution in [2.75, 3.05) is 6.54 Å². The molecular weight excluding hydrogens is 253 g/mol. The van der Waals surface area contributed by atoms with Crippen LogP contribution < -0.4 is 5.32 Å². The molecule has 0 amide bonds. The minimum Gasteiger partial charge on any atom is -0.475 e. The second-order valence-corrected chi connectivity index (χ2v) is 3.82. The molecule has 1 saturated heterocycles. The first-order chi connectivity index (χ1) is 8.30. The molecule has 2 rings (SSSR count). The minimum absolute atomic E-state index is 0.413. The molecule has 8 heteroatoms. The van der Waals surface area contributed by atoms with Gasteiger partial charge in [-0.3, -0.25) is 0 Å². The van der Waals surface area contributed by atoms with Crippen LogP contribution in [0, 0.1) is 6.92 Å². The first-order valence-corrected chi connectivity index (χ1v) is 5.27. The van der Waals surface area contributed by atoms with Gasteiger partial charge in [0.15, 0.2) is 5.76 Å². The van der Waals surface area contributed by atoms with E-state index in [1.54, 1.807) is 0 Å². The van der Waals surface area contributed by atoms with E-state index in [0.717, 1.165) is 18.0 Å². The van der Waals surface area contributed by atoms with Crippen LogP contribution in [0.3, 0.4) is 0 Å². The molecule has 0 bridgehead atoms. The number of hydrogen-bond donors (Lipinski definition) is 2. The average molecular weight is 266 g/mol. The van der Waals surface area contributed by atoms with Crippen LogP contribution in [0.15, 0.2) is 10.6 Å². The number of aliphatic carboxylic acids is 1. The summed E-state index contributed by atoms with van der Waals surface area (Å²) in [4.78, 5) is 8.90. The molecule has 18 heavy (non-hydrogen) atoms. The highest BCUT2D eigenvalue weighted by Crippen LogP contribution is 2.22. The van der Waals surface area contributed by atoms with Crippen LogP contribution in [0.2, 0.25) is 0 Å². The predicted molar refractivity (Wildman–Crippen MR) is 54.9 cm³/mol. The van der Waals surface area contributed by atoms with Crippen molar-refractivity contribution in [1.29, 1.82) is 0 Å². The van der Waals surface area contributed by atoms with E-state index >= 15 is 0 Å². The SMILES string of the molecule is Cc1cc(C2CCCN2)on1.O=C(O)C(F)(F)F. The summed E-state index contributed by atoms with van der Waals surface area (Å²) in [6.07, 6.45) is -2.67. The van der Waals surface area contributed by atoms with Crippen molar-refractivity contribution >= 4 is 5.97 Å². The molecule has 0 aliphatic carbocycles. The van der Waals surface area contributed by atoms with Crippen LogP contribution in [0.4, 0.5) is 13.2 Å². The monoisotopic (exact) mass is 266 g/mol. The van der Waals surface area contributed by atoms with Gasteiger partial charge in [0.05, 0.1) is 11.7 Å². The van der Waals surface area contributed by atoms with Crippen LogP contribution in [0.5, 0.6) is 0 Å². The van der Waals surface area contributed by atoms with Crippen LogP contribution in [0.25, 0.3) is 0 Å². The minimum atomic E-state index is -5.08. The maximum atomic E-state index is 10.6. The number of halogens is 3. The number of aromatic nitrogens is 1. The molecule has 1 unspecified atom stereocenters. The number of nitrogens with zero attached hydrogens (tertiary/aromatic N) is 1. The molecule has 5 nitrogen and oxygen atoms in total. The van der Waals surface area contributed by atoms with E-state index in [-0.39, 0.29) is 0 Å². The number of rotatable bonds is 1. The molecule has 0 spiro atoms. The fraction of sp³-hybridized carbons (Fsp3) is 0.600. The van der Waals surface area contributed by atoms with E-state index < -0.39 is 12.1 Å². The summed E-state index contributed by atoms with van der Waals surface area (Å²) in [6.45, 7) is 3.05. The van der Waals surface area contributed by atoms with Gasteiger partial charge in [-0.1, -0.05) is 5.16 Å². The third-order valence-electron chi connectivity index (χ3n) is 2.29. The van der Waals surface area contributed by atoms with Gasteiger partial charge in [0.1, 0.15) is 0 Å². The Bertz CT molecular complexity index is 397. The lowest BCUT2D eigenvalue weighted by Crippen LogP contribution is -2.21. The van der Waals surface area contributed by atoms with Crippen molar-refractivity contribution in [3.63, 3.8) is 0 Å². The summed E-state index contributed by atoms with van der Waals surface area (Å²) < 4.78 is 36.9. The lowest BCUT2D eigenvalue weighted by molar-refractivity contribution is -0.192. The molecule has 102 valence electrons. The van der Waals surface area contributed by atoms with Gasteiger partial charge in [-0.05, 0) is 26.3 Å². The Morgan fingerprint density at radius 1 is 1.61 bits per heavy atom. The fourth-order valence-corrected chi connectivity index (χ4v) is 1.47. The van der Waals surface area contributed by atoms with Crippen molar-refractivity contribution in [3.8, 4) is 0 Å². The highest BCUT2D eigenvalue weighted by molar-refractivity contribution is 5.73. The summed E-state index contributed by atoms with van der Waals surface area (Å²) in [7, 11) is 0. The van der Waals surface area contributed by atoms with E-state index in [4.69, 9.17) is 14.4 Å². The van der Waals surface area contributed by atoms with E-state index in [1.165, 1.54) is 12.8 Å². The van der Waals surface area contributed by atoms with Crippen molar-refractivity contribution in [3.05, 3.63) is 17.5 Å². The number of alkyl halides is 3. The zero-order valence-electron chi connectivity index (χ0n) is 9.62. The van der Waals surface area contributed by atoms with Crippen molar-refractivity contribution in [2.24, 2.45) is 0 Å². The maximum absolute atomic E-state index is 10.6. The van der Waals surface area contributed by atoms with E-state index in [0.29, 0.717) is 6.04 Å². The smallest absolute Gasteiger partial charge is 0.475 e. The Balaban J connectivity index is 0.000000203. The lowest BCUT2D eigenvalue weighted by Gasteiger charge is -2.02. The zero-order valence-corrected chi connectivity index (χ0v) is 9.62. The van der Waals surface area contributed by atoms with E-state index in [1.807, 2.05) is 13.0 Å². The van der Waals surface area contributed by atoms with Gasteiger partial charge in [0.25, 0.3) is 0 Å². The highest BCUT2D eigenvalue weighted by atomic mass is 19.4. The molecule has 0 aromatic carbocycles. The van der Waals surface area contributed by atoms with Gasteiger partial charge in [0, 0.05) is 6.07 Å². The van der Waals surface area contributed by atoms with Crippen LogP contribution >= 0.6 is 0 Å². The predicted octanol–water partition coefficient (Wildman–Crippen LogP) is 2.04. The largest absolute Gasteiger partial charge is 0.490 e. The highest BCUT2D eigenvalue weighted by Gasteiger charge is 2.38. The normalized spacial score (nSPS) is 19.2. The molecule has 2 heterocycles. The van der Waals surface area contributed by atoms with Gasteiger partial charge in [-0.2, -0.15) is 13.2 Å². The molecule has 2 N–H and O–H groups in total. The first-order valence-electron chi connectivity index (χ1n) is 5.27. The van der Waals surface area contributed by atoms with Crippen molar-refractivity contribution in [2.45, 2.75) is 32.0 Å². The molecule has 1 aromatic heterocycles. The molecule has 0 saturated carbocycles. The Labute approximate surface area is 101 Å². The van der Waals surface area contributed by atoms with Crippen LogP contribution in [0.1, 0.15) is 30.3 Å². The van der Waals surface area contributed by atoms with Gasteiger partial charge in [-0.25, -0.2) is 4.79 Å². The molecule has 1 atom stereocenters. The topological polar surface area (TPSA) is 75.4 Å². The summed E-state index contributed by atoms with van der Waals surface area (Å²) in [5.74, 6) is -1.77. The van der Waals surface area contributed by atoms with E-state index in [2.05, 4.69) is 10.5 Å². The number of hydrogen-bond acceptors (Lipinski definition) is 4. The van der Waals surface area contributed by atoms with Crippen LogP contribution in [-0.4, -0.2) is 29.0 Å². The summed E-state index contributed by atoms with van der Waals surface area (Å²) in [5, 5.41) is 14.3. The summed E-state index contributed by atoms with van der Waals surface area (Å²) >= 11 is 0. The Hall–Kier alpha value is -1.57. The third-order valence-corrected chi connectivity index (χ3v) is 2.29. The molecule has 1 fully saturated rings. The number of aryl methyl sites for hydroxylation is 1. The fourth-order valence-electron chi connectivity index (χ4n) is 1.47.